The quantitative estimate of drug-likeness (QED) is 0.870. The molecule has 0 aliphatic heterocycles. The number of halogens is 1. The normalized spacial score (nSPS) is 10.1. The Morgan fingerprint density at radius 3 is 2.69 bits per heavy atom. The number of anilines is 1. The van der Waals surface area contributed by atoms with Crippen LogP contribution < -0.4 is 5.73 Å². The first-order valence-electron chi connectivity index (χ1n) is 4.65. The van der Waals surface area contributed by atoms with Gasteiger partial charge in [-0.25, -0.2) is 4.68 Å². The number of nitriles is 1. The van der Waals surface area contributed by atoms with E-state index in [1.165, 1.54) is 0 Å². The molecule has 0 aliphatic carbocycles. The minimum Gasteiger partial charge on any atom is -0.382 e. The Morgan fingerprint density at radius 2 is 2.12 bits per heavy atom. The average Bonchev–Trinajstić information content (AvgIpc) is 2.55. The summed E-state index contributed by atoms with van der Waals surface area (Å²) in [5.74, 6) is 0.368. The lowest BCUT2D eigenvalue weighted by Gasteiger charge is -2.05. The van der Waals surface area contributed by atoms with Gasteiger partial charge in [0.05, 0.1) is 11.4 Å². The third kappa shape index (κ3) is 1.57. The van der Waals surface area contributed by atoms with Gasteiger partial charge in [0.25, 0.3) is 0 Å². The summed E-state index contributed by atoms with van der Waals surface area (Å²) in [5.41, 5.74) is 7.76. The van der Waals surface area contributed by atoms with Gasteiger partial charge in [0.15, 0.2) is 0 Å². The number of aromatic nitrogens is 2. The van der Waals surface area contributed by atoms with Gasteiger partial charge in [0.2, 0.25) is 0 Å². The number of benzene rings is 1. The summed E-state index contributed by atoms with van der Waals surface area (Å²) in [6, 6.07) is 9.63. The number of nitrogens with zero attached hydrogens (tertiary/aromatic N) is 3. The van der Waals surface area contributed by atoms with Gasteiger partial charge in [-0.2, -0.15) is 10.4 Å². The van der Waals surface area contributed by atoms with E-state index in [1.54, 1.807) is 11.6 Å². The summed E-state index contributed by atoms with van der Waals surface area (Å²) in [4.78, 5) is 0. The molecule has 5 heteroatoms. The van der Waals surface area contributed by atoms with Crippen molar-refractivity contribution < 1.29 is 0 Å². The minimum absolute atomic E-state index is 0.368. The van der Waals surface area contributed by atoms with Crippen molar-refractivity contribution in [1.29, 1.82) is 5.26 Å². The zero-order valence-corrected chi connectivity index (χ0v) is 10.2. The van der Waals surface area contributed by atoms with Crippen LogP contribution in [0.4, 0.5) is 5.82 Å². The molecule has 0 spiro atoms. The Kier molecular flexibility index (Phi) is 2.67. The SMILES string of the molecule is Cc1nn(-c2ccccc2Br)c(N)c1C#N. The molecule has 1 aromatic carbocycles. The van der Waals surface area contributed by atoms with Crippen molar-refractivity contribution in [2.45, 2.75) is 6.92 Å². The first kappa shape index (κ1) is 10.7. The molecule has 0 aliphatic rings. The van der Waals surface area contributed by atoms with Gasteiger partial charge in [-0.1, -0.05) is 12.1 Å². The Balaban J connectivity index is 2.68. The lowest BCUT2D eigenvalue weighted by molar-refractivity contribution is 0.868. The van der Waals surface area contributed by atoms with E-state index in [4.69, 9.17) is 11.0 Å². The number of para-hydroxylation sites is 1. The van der Waals surface area contributed by atoms with Crippen molar-refractivity contribution in [2.75, 3.05) is 5.73 Å². The number of hydrogen-bond donors (Lipinski definition) is 1. The number of aryl methyl sites for hydroxylation is 1. The third-order valence-corrected chi connectivity index (χ3v) is 2.96. The second-order valence-corrected chi connectivity index (χ2v) is 4.18. The predicted molar refractivity (Wildman–Crippen MR) is 65.1 cm³/mol. The highest BCUT2D eigenvalue weighted by molar-refractivity contribution is 9.10. The molecule has 2 aromatic rings. The topological polar surface area (TPSA) is 67.6 Å². The van der Waals surface area contributed by atoms with Crippen LogP contribution >= 0.6 is 15.9 Å². The highest BCUT2D eigenvalue weighted by Gasteiger charge is 2.14. The summed E-state index contributed by atoms with van der Waals surface area (Å²) in [5, 5.41) is 13.2. The smallest absolute Gasteiger partial charge is 0.145 e. The van der Waals surface area contributed by atoms with E-state index in [2.05, 4.69) is 21.0 Å². The molecule has 0 amide bonds. The molecule has 0 atom stereocenters. The van der Waals surface area contributed by atoms with Gasteiger partial charge in [-0.3, -0.25) is 0 Å². The Labute approximate surface area is 101 Å². The third-order valence-electron chi connectivity index (χ3n) is 2.29. The fourth-order valence-electron chi connectivity index (χ4n) is 1.49. The molecule has 2 N–H and O–H groups in total. The number of rotatable bonds is 1. The maximum absolute atomic E-state index is 8.93. The van der Waals surface area contributed by atoms with E-state index in [0.717, 1.165) is 10.2 Å². The molecular weight excluding hydrogens is 268 g/mol. The van der Waals surface area contributed by atoms with Gasteiger partial charge in [-0.05, 0) is 35.0 Å². The molecule has 4 nitrogen and oxygen atoms in total. The van der Waals surface area contributed by atoms with Crippen molar-refractivity contribution >= 4 is 21.7 Å². The predicted octanol–water partition coefficient (Wildman–Crippen LogP) is 2.40. The molecule has 0 unspecified atom stereocenters. The number of nitrogens with two attached hydrogens (primary N) is 1. The van der Waals surface area contributed by atoms with Crippen LogP contribution in [-0.2, 0) is 0 Å². The zero-order chi connectivity index (χ0) is 11.7. The lowest BCUT2D eigenvalue weighted by Crippen LogP contribution is -2.03. The number of nitrogen functional groups attached to an aromatic ring is 1. The molecule has 0 fully saturated rings. The van der Waals surface area contributed by atoms with Crippen LogP contribution in [0.1, 0.15) is 11.3 Å². The van der Waals surface area contributed by atoms with E-state index in [-0.39, 0.29) is 0 Å². The van der Waals surface area contributed by atoms with Crippen molar-refractivity contribution in [1.82, 2.24) is 9.78 Å². The summed E-state index contributed by atoms with van der Waals surface area (Å²) < 4.78 is 2.45. The van der Waals surface area contributed by atoms with Gasteiger partial charge in [0, 0.05) is 4.47 Å². The molecule has 0 bridgehead atoms. The summed E-state index contributed by atoms with van der Waals surface area (Å²) >= 11 is 3.42. The van der Waals surface area contributed by atoms with Gasteiger partial charge in [-0.15, -0.1) is 0 Å². The van der Waals surface area contributed by atoms with Crippen LogP contribution in [0.15, 0.2) is 28.7 Å². The van der Waals surface area contributed by atoms with Gasteiger partial charge in [0.1, 0.15) is 17.5 Å². The zero-order valence-electron chi connectivity index (χ0n) is 8.61. The van der Waals surface area contributed by atoms with Gasteiger partial charge < -0.3 is 5.73 Å². The molecule has 0 saturated carbocycles. The highest BCUT2D eigenvalue weighted by atomic mass is 79.9. The first-order chi connectivity index (χ1) is 7.65. The van der Waals surface area contributed by atoms with Crippen LogP contribution in [-0.4, -0.2) is 9.78 Å². The fourth-order valence-corrected chi connectivity index (χ4v) is 1.94. The molecule has 0 radical (unpaired) electrons. The standard InChI is InChI=1S/C11H9BrN4/c1-7-8(6-13)11(14)16(15-7)10-5-3-2-4-9(10)12/h2-5H,14H2,1H3. The van der Waals surface area contributed by atoms with Crippen molar-refractivity contribution in [3.8, 4) is 11.8 Å². The Bertz CT molecular complexity index is 580. The minimum atomic E-state index is 0.368. The highest BCUT2D eigenvalue weighted by Crippen LogP contribution is 2.25. The summed E-state index contributed by atoms with van der Waals surface area (Å²) in [6.07, 6.45) is 0. The van der Waals surface area contributed by atoms with Crippen LogP contribution in [0, 0.1) is 18.3 Å². The molecule has 16 heavy (non-hydrogen) atoms. The van der Waals surface area contributed by atoms with Crippen LogP contribution in [0.2, 0.25) is 0 Å². The van der Waals surface area contributed by atoms with E-state index < -0.39 is 0 Å². The largest absolute Gasteiger partial charge is 0.382 e. The average molecular weight is 277 g/mol. The van der Waals surface area contributed by atoms with Crippen LogP contribution in [0.5, 0.6) is 0 Å². The molecule has 2 rings (SSSR count). The second-order valence-electron chi connectivity index (χ2n) is 3.32. The molecule has 80 valence electrons. The molecule has 1 heterocycles. The number of hydrogen-bond acceptors (Lipinski definition) is 3. The van der Waals surface area contributed by atoms with E-state index >= 15 is 0 Å². The molecule has 1 aromatic heterocycles. The van der Waals surface area contributed by atoms with Crippen molar-refractivity contribution in [2.24, 2.45) is 0 Å². The summed E-state index contributed by atoms with van der Waals surface area (Å²) in [6.45, 7) is 1.77. The lowest BCUT2D eigenvalue weighted by atomic mass is 10.2. The molecular formula is C11H9BrN4. The van der Waals surface area contributed by atoms with Gasteiger partial charge >= 0.3 is 0 Å². The Hall–Kier alpha value is -1.80. The summed E-state index contributed by atoms with van der Waals surface area (Å²) in [7, 11) is 0. The van der Waals surface area contributed by atoms with E-state index in [1.807, 2.05) is 30.3 Å². The van der Waals surface area contributed by atoms with Crippen molar-refractivity contribution in [3.63, 3.8) is 0 Å². The van der Waals surface area contributed by atoms with Crippen LogP contribution in [0.25, 0.3) is 5.69 Å². The Morgan fingerprint density at radius 1 is 1.44 bits per heavy atom. The monoisotopic (exact) mass is 276 g/mol. The van der Waals surface area contributed by atoms with Crippen molar-refractivity contribution in [3.05, 3.63) is 40.0 Å². The fraction of sp³-hybridized carbons (Fsp3) is 0.0909. The maximum Gasteiger partial charge on any atom is 0.145 e. The molecule has 0 saturated heterocycles. The van der Waals surface area contributed by atoms with Crippen LogP contribution in [0.3, 0.4) is 0 Å². The van der Waals surface area contributed by atoms with E-state index in [0.29, 0.717) is 17.1 Å². The maximum atomic E-state index is 8.93. The second kappa shape index (κ2) is 3.99. The first-order valence-corrected chi connectivity index (χ1v) is 5.44. The van der Waals surface area contributed by atoms with E-state index in [9.17, 15) is 0 Å².